The number of hydrogen-bond donors (Lipinski definition) is 2. The average Bonchev–Trinajstić information content (AvgIpc) is 2.30. The van der Waals surface area contributed by atoms with Gasteiger partial charge < -0.3 is 14.9 Å². The lowest BCUT2D eigenvalue weighted by molar-refractivity contribution is -0.131. The molecule has 4 nitrogen and oxygen atoms in total. The van der Waals surface area contributed by atoms with Gasteiger partial charge >= 0.3 is 5.97 Å². The van der Waals surface area contributed by atoms with E-state index < -0.39 is 5.97 Å². The molecule has 2 N–H and O–H groups in total. The molecule has 90 valence electrons. The van der Waals surface area contributed by atoms with Gasteiger partial charge in [0.25, 0.3) is 0 Å². The van der Waals surface area contributed by atoms with Gasteiger partial charge in [0.05, 0.1) is 7.11 Å². The van der Waals surface area contributed by atoms with Gasteiger partial charge in [0.2, 0.25) is 0 Å². The molecular weight excluding hydrogens is 220 g/mol. The van der Waals surface area contributed by atoms with Gasteiger partial charge in [-0.15, -0.1) is 6.58 Å². The zero-order valence-electron chi connectivity index (χ0n) is 9.51. The first-order chi connectivity index (χ1) is 8.08. The summed E-state index contributed by atoms with van der Waals surface area (Å²) in [5.41, 5.74) is 1.29. The van der Waals surface area contributed by atoms with Crippen LogP contribution in [0, 0.1) is 0 Å². The third kappa shape index (κ3) is 3.38. The van der Waals surface area contributed by atoms with Gasteiger partial charge in [0, 0.05) is 11.6 Å². The van der Waals surface area contributed by atoms with Crippen LogP contribution in [0.4, 0.5) is 0 Å². The van der Waals surface area contributed by atoms with Crippen molar-refractivity contribution in [2.24, 2.45) is 0 Å². The lowest BCUT2D eigenvalue weighted by Gasteiger charge is -2.09. The van der Waals surface area contributed by atoms with Crippen LogP contribution in [-0.2, 0) is 11.2 Å². The smallest absolute Gasteiger partial charge is 0.328 e. The second-order valence-electron chi connectivity index (χ2n) is 3.40. The Balaban J connectivity index is 3.19. The average molecular weight is 234 g/mol. The number of aromatic hydroxyl groups is 1. The van der Waals surface area contributed by atoms with E-state index in [4.69, 9.17) is 9.84 Å². The van der Waals surface area contributed by atoms with Crippen molar-refractivity contribution < 1.29 is 19.7 Å². The Morgan fingerprint density at radius 2 is 2.24 bits per heavy atom. The van der Waals surface area contributed by atoms with Crippen molar-refractivity contribution in [3.8, 4) is 11.5 Å². The zero-order valence-corrected chi connectivity index (χ0v) is 9.51. The molecule has 0 atom stereocenters. The number of aliphatic carboxylic acids is 1. The summed E-state index contributed by atoms with van der Waals surface area (Å²) < 4.78 is 5.01. The largest absolute Gasteiger partial charge is 0.504 e. The van der Waals surface area contributed by atoms with E-state index in [1.54, 1.807) is 18.2 Å². The molecule has 0 heterocycles. The number of hydrogen-bond acceptors (Lipinski definition) is 3. The van der Waals surface area contributed by atoms with Gasteiger partial charge in [-0.1, -0.05) is 6.08 Å². The van der Waals surface area contributed by atoms with Crippen molar-refractivity contribution >= 4 is 12.0 Å². The van der Waals surface area contributed by atoms with E-state index in [0.29, 0.717) is 23.3 Å². The molecule has 0 radical (unpaired) electrons. The monoisotopic (exact) mass is 234 g/mol. The van der Waals surface area contributed by atoms with E-state index in [0.717, 1.165) is 6.08 Å². The first-order valence-corrected chi connectivity index (χ1v) is 5.00. The normalized spacial score (nSPS) is 10.4. The summed E-state index contributed by atoms with van der Waals surface area (Å²) in [6.45, 7) is 3.59. The molecule has 0 saturated carbocycles. The topological polar surface area (TPSA) is 66.8 Å². The van der Waals surface area contributed by atoms with Crippen molar-refractivity contribution in [2.75, 3.05) is 7.11 Å². The maximum Gasteiger partial charge on any atom is 0.328 e. The first-order valence-electron chi connectivity index (χ1n) is 5.00. The highest BCUT2D eigenvalue weighted by atomic mass is 16.5. The molecule has 0 fully saturated rings. The van der Waals surface area contributed by atoms with Crippen LogP contribution in [-0.4, -0.2) is 23.3 Å². The molecular formula is C13H14O4. The van der Waals surface area contributed by atoms with Crippen molar-refractivity contribution in [1.29, 1.82) is 0 Å². The van der Waals surface area contributed by atoms with Gasteiger partial charge in [-0.3, -0.25) is 0 Å². The van der Waals surface area contributed by atoms with Gasteiger partial charge in [0.1, 0.15) is 0 Å². The zero-order chi connectivity index (χ0) is 12.8. The lowest BCUT2D eigenvalue weighted by atomic mass is 10.1. The van der Waals surface area contributed by atoms with E-state index in [2.05, 4.69) is 6.58 Å². The fourth-order valence-electron chi connectivity index (χ4n) is 1.42. The number of phenolic OH excluding ortho intramolecular Hbond substituents is 1. The Hall–Kier alpha value is -2.23. The van der Waals surface area contributed by atoms with Crippen LogP contribution in [0.25, 0.3) is 6.08 Å². The standard InChI is InChI=1S/C13H14O4/c1-3-4-10-7-9(5-6-12(14)15)8-11(17-2)13(10)16/h3,5-8,16H,1,4H2,2H3,(H,14,15)/b6-5+. The third-order valence-electron chi connectivity index (χ3n) is 2.18. The maximum atomic E-state index is 10.4. The van der Waals surface area contributed by atoms with Crippen LogP contribution in [0.3, 0.4) is 0 Å². The summed E-state index contributed by atoms with van der Waals surface area (Å²) in [4.78, 5) is 10.4. The third-order valence-corrected chi connectivity index (χ3v) is 2.18. The fraction of sp³-hybridized carbons (Fsp3) is 0.154. The summed E-state index contributed by atoms with van der Waals surface area (Å²) in [7, 11) is 1.44. The van der Waals surface area contributed by atoms with Crippen LogP contribution in [0.1, 0.15) is 11.1 Å². The molecule has 0 amide bonds. The summed E-state index contributed by atoms with van der Waals surface area (Å²) in [6, 6.07) is 3.26. The van der Waals surface area contributed by atoms with Crippen molar-refractivity contribution in [3.05, 3.63) is 42.0 Å². The number of methoxy groups -OCH3 is 1. The Bertz CT molecular complexity index is 461. The summed E-state index contributed by atoms with van der Waals surface area (Å²) in [5, 5.41) is 18.4. The van der Waals surface area contributed by atoms with Crippen LogP contribution in [0.15, 0.2) is 30.9 Å². The van der Waals surface area contributed by atoms with Crippen LogP contribution in [0.2, 0.25) is 0 Å². The van der Waals surface area contributed by atoms with Crippen molar-refractivity contribution in [3.63, 3.8) is 0 Å². The van der Waals surface area contributed by atoms with Gasteiger partial charge in [-0.05, 0) is 30.2 Å². The minimum absolute atomic E-state index is 0.0554. The number of allylic oxidation sites excluding steroid dienone is 1. The van der Waals surface area contributed by atoms with E-state index in [9.17, 15) is 9.90 Å². The van der Waals surface area contributed by atoms with E-state index >= 15 is 0 Å². The molecule has 0 spiro atoms. The number of carboxylic acid groups (broad SMARTS) is 1. The number of ether oxygens (including phenoxy) is 1. The van der Waals surface area contributed by atoms with E-state index in [1.165, 1.54) is 13.2 Å². The predicted octanol–water partition coefficient (Wildman–Crippen LogP) is 2.23. The number of carboxylic acids is 1. The number of carbonyl (C=O) groups is 1. The highest BCUT2D eigenvalue weighted by molar-refractivity contribution is 5.85. The van der Waals surface area contributed by atoms with Crippen LogP contribution in [0.5, 0.6) is 11.5 Å². The molecule has 0 aliphatic heterocycles. The van der Waals surface area contributed by atoms with E-state index in [1.807, 2.05) is 0 Å². The quantitative estimate of drug-likeness (QED) is 0.605. The highest BCUT2D eigenvalue weighted by Crippen LogP contribution is 2.32. The van der Waals surface area contributed by atoms with Gasteiger partial charge in [-0.2, -0.15) is 0 Å². The Morgan fingerprint density at radius 3 is 2.76 bits per heavy atom. The molecule has 17 heavy (non-hydrogen) atoms. The molecule has 1 aromatic carbocycles. The van der Waals surface area contributed by atoms with Crippen molar-refractivity contribution in [1.82, 2.24) is 0 Å². The molecule has 4 heteroatoms. The van der Waals surface area contributed by atoms with Gasteiger partial charge in [0.15, 0.2) is 11.5 Å². The molecule has 1 rings (SSSR count). The second-order valence-corrected chi connectivity index (χ2v) is 3.40. The molecule has 0 aliphatic carbocycles. The summed E-state index contributed by atoms with van der Waals surface area (Å²) in [5.74, 6) is -0.656. The minimum atomic E-state index is -1.03. The number of rotatable bonds is 5. The fourth-order valence-corrected chi connectivity index (χ4v) is 1.42. The van der Waals surface area contributed by atoms with Crippen LogP contribution >= 0.6 is 0 Å². The van der Waals surface area contributed by atoms with Crippen LogP contribution < -0.4 is 4.74 Å². The summed E-state index contributed by atoms with van der Waals surface area (Å²) >= 11 is 0. The summed E-state index contributed by atoms with van der Waals surface area (Å²) in [6.07, 6.45) is 4.61. The van der Waals surface area contributed by atoms with Gasteiger partial charge in [-0.25, -0.2) is 4.79 Å². The molecule has 1 aromatic rings. The molecule has 0 saturated heterocycles. The maximum absolute atomic E-state index is 10.4. The Labute approximate surface area is 99.5 Å². The Kier molecular flexibility index (Phi) is 4.34. The molecule has 0 aromatic heterocycles. The highest BCUT2D eigenvalue weighted by Gasteiger charge is 2.08. The first kappa shape index (κ1) is 12.8. The molecule has 0 aliphatic rings. The second kappa shape index (κ2) is 5.75. The number of phenols is 1. The SMILES string of the molecule is C=CCc1cc(/C=C/C(=O)O)cc(OC)c1O. The van der Waals surface area contributed by atoms with Crippen molar-refractivity contribution in [2.45, 2.75) is 6.42 Å². The lowest BCUT2D eigenvalue weighted by Crippen LogP contribution is -1.91. The minimum Gasteiger partial charge on any atom is -0.504 e. The molecule has 0 unspecified atom stereocenters. The Morgan fingerprint density at radius 1 is 1.53 bits per heavy atom. The number of benzene rings is 1. The predicted molar refractivity (Wildman–Crippen MR) is 65.2 cm³/mol. The molecule has 0 bridgehead atoms. The van der Waals surface area contributed by atoms with E-state index in [-0.39, 0.29) is 5.75 Å².